The second-order valence-electron chi connectivity index (χ2n) is 7.76. The van der Waals surface area contributed by atoms with E-state index in [0.29, 0.717) is 30.0 Å². The summed E-state index contributed by atoms with van der Waals surface area (Å²) in [6.45, 7) is 2.73. The first-order valence-electron chi connectivity index (χ1n) is 10.3. The van der Waals surface area contributed by atoms with E-state index in [1.807, 2.05) is 0 Å². The van der Waals surface area contributed by atoms with Gasteiger partial charge in [-0.25, -0.2) is 12.8 Å². The molecule has 170 valence electrons. The maximum Gasteiger partial charge on any atom is 0.243 e. The number of hydrogen-bond acceptors (Lipinski definition) is 5. The molecule has 2 heterocycles. The van der Waals surface area contributed by atoms with E-state index < -0.39 is 27.8 Å². The van der Waals surface area contributed by atoms with Crippen LogP contribution in [-0.2, 0) is 37.3 Å². The number of benzene rings is 2. The number of fused-ring (bicyclic) bond motifs is 1. The van der Waals surface area contributed by atoms with Crippen molar-refractivity contribution in [1.82, 2.24) is 9.62 Å². The van der Waals surface area contributed by atoms with Gasteiger partial charge in [-0.05, 0) is 41.5 Å². The first kappa shape index (κ1) is 22.4. The zero-order valence-corrected chi connectivity index (χ0v) is 18.4. The third-order valence-corrected chi connectivity index (χ3v) is 7.54. The second-order valence-corrected chi connectivity index (χ2v) is 9.70. The number of nitrogens with one attached hydrogen (secondary N) is 1. The van der Waals surface area contributed by atoms with Crippen molar-refractivity contribution in [3.8, 4) is 0 Å². The van der Waals surface area contributed by atoms with Gasteiger partial charge in [0, 0.05) is 38.7 Å². The van der Waals surface area contributed by atoms with Gasteiger partial charge in [0.1, 0.15) is 11.9 Å². The van der Waals surface area contributed by atoms with Crippen LogP contribution < -0.4 is 10.2 Å². The van der Waals surface area contributed by atoms with Crippen molar-refractivity contribution in [3.05, 3.63) is 59.4 Å². The molecule has 1 N–H and O–H groups in total. The van der Waals surface area contributed by atoms with Crippen molar-refractivity contribution < 1.29 is 27.1 Å². The SMILES string of the molecule is CC(=O)N1c2ccc(S(=O)(=O)N3CCOCC3)cc2CC1C(=O)NCc1cccc(F)c1. The number of rotatable bonds is 5. The van der Waals surface area contributed by atoms with Gasteiger partial charge in [0.2, 0.25) is 21.8 Å². The van der Waals surface area contributed by atoms with Crippen molar-refractivity contribution in [3.63, 3.8) is 0 Å². The highest BCUT2D eigenvalue weighted by Gasteiger charge is 2.38. The maximum atomic E-state index is 13.4. The number of carbonyl (C=O) groups excluding carboxylic acids is 2. The number of sulfonamides is 1. The summed E-state index contributed by atoms with van der Waals surface area (Å²) in [4.78, 5) is 26.7. The summed E-state index contributed by atoms with van der Waals surface area (Å²) in [7, 11) is -3.70. The summed E-state index contributed by atoms with van der Waals surface area (Å²) in [5.74, 6) is -1.11. The van der Waals surface area contributed by atoms with Gasteiger partial charge in [0.05, 0.1) is 18.1 Å². The van der Waals surface area contributed by atoms with Crippen LogP contribution in [-0.4, -0.2) is 56.9 Å². The average Bonchev–Trinajstić information content (AvgIpc) is 3.17. The highest BCUT2D eigenvalue weighted by Crippen LogP contribution is 2.35. The predicted molar refractivity (Wildman–Crippen MR) is 115 cm³/mol. The number of morpholine rings is 1. The summed E-state index contributed by atoms with van der Waals surface area (Å²) in [6, 6.07) is 9.66. The van der Waals surface area contributed by atoms with E-state index >= 15 is 0 Å². The molecule has 0 aromatic heterocycles. The Kier molecular flexibility index (Phi) is 6.27. The zero-order chi connectivity index (χ0) is 22.9. The lowest BCUT2D eigenvalue weighted by molar-refractivity contribution is -0.125. The van der Waals surface area contributed by atoms with Crippen LogP contribution in [0, 0.1) is 5.82 Å². The van der Waals surface area contributed by atoms with Crippen LogP contribution in [0.25, 0.3) is 0 Å². The molecular weight excluding hydrogens is 437 g/mol. The van der Waals surface area contributed by atoms with Crippen LogP contribution >= 0.6 is 0 Å². The number of ether oxygens (including phenoxy) is 1. The Hall–Kier alpha value is -2.82. The first-order valence-corrected chi connectivity index (χ1v) is 11.7. The van der Waals surface area contributed by atoms with Gasteiger partial charge in [-0.3, -0.25) is 14.5 Å². The fraction of sp³-hybridized carbons (Fsp3) is 0.364. The van der Waals surface area contributed by atoms with E-state index in [1.165, 1.54) is 40.4 Å². The molecule has 1 saturated heterocycles. The lowest BCUT2D eigenvalue weighted by atomic mass is 10.1. The molecule has 2 aromatic carbocycles. The second kappa shape index (κ2) is 8.97. The highest BCUT2D eigenvalue weighted by molar-refractivity contribution is 7.89. The van der Waals surface area contributed by atoms with E-state index in [4.69, 9.17) is 4.74 Å². The number of amides is 2. The Morgan fingerprint density at radius 3 is 2.59 bits per heavy atom. The van der Waals surface area contributed by atoms with E-state index in [-0.39, 0.29) is 36.9 Å². The van der Waals surface area contributed by atoms with Crippen molar-refractivity contribution in [2.24, 2.45) is 0 Å². The summed E-state index contributed by atoms with van der Waals surface area (Å²) >= 11 is 0. The molecule has 0 bridgehead atoms. The minimum absolute atomic E-state index is 0.117. The summed E-state index contributed by atoms with van der Waals surface area (Å²) < 4.78 is 46.0. The summed E-state index contributed by atoms with van der Waals surface area (Å²) in [5.41, 5.74) is 1.73. The van der Waals surface area contributed by atoms with Gasteiger partial charge in [-0.1, -0.05) is 12.1 Å². The van der Waals surface area contributed by atoms with Crippen molar-refractivity contribution in [1.29, 1.82) is 0 Å². The van der Waals surface area contributed by atoms with Crippen molar-refractivity contribution >= 4 is 27.5 Å². The van der Waals surface area contributed by atoms with Gasteiger partial charge in [-0.15, -0.1) is 0 Å². The molecule has 4 rings (SSSR count). The number of hydrogen-bond donors (Lipinski definition) is 1. The lowest BCUT2D eigenvalue weighted by Gasteiger charge is -2.26. The summed E-state index contributed by atoms with van der Waals surface area (Å²) in [5, 5.41) is 2.74. The number of nitrogens with zero attached hydrogens (tertiary/aromatic N) is 2. The van der Waals surface area contributed by atoms with Crippen LogP contribution in [0.2, 0.25) is 0 Å². The Bertz CT molecular complexity index is 1150. The van der Waals surface area contributed by atoms with Crippen LogP contribution in [0.5, 0.6) is 0 Å². The smallest absolute Gasteiger partial charge is 0.243 e. The van der Waals surface area contributed by atoms with Crippen LogP contribution in [0.3, 0.4) is 0 Å². The van der Waals surface area contributed by atoms with Crippen LogP contribution in [0.15, 0.2) is 47.4 Å². The first-order chi connectivity index (χ1) is 15.3. The molecule has 1 fully saturated rings. The molecule has 8 nitrogen and oxygen atoms in total. The Labute approximate surface area is 186 Å². The molecule has 1 atom stereocenters. The molecule has 0 spiro atoms. The predicted octanol–water partition coefficient (Wildman–Crippen LogP) is 1.44. The quantitative estimate of drug-likeness (QED) is 0.727. The molecular formula is C22H24FN3O5S. The zero-order valence-electron chi connectivity index (χ0n) is 17.6. The molecule has 2 aromatic rings. The number of carbonyl (C=O) groups is 2. The van der Waals surface area contributed by atoms with Gasteiger partial charge < -0.3 is 10.1 Å². The molecule has 10 heteroatoms. The van der Waals surface area contributed by atoms with Crippen LogP contribution in [0.1, 0.15) is 18.1 Å². The maximum absolute atomic E-state index is 13.4. The van der Waals surface area contributed by atoms with Crippen molar-refractivity contribution in [2.75, 3.05) is 31.2 Å². The number of anilines is 1. The standard InChI is InChI=1S/C22H24FN3O5S/c1-15(27)26-20-6-5-19(32(29,30)25-7-9-31-10-8-25)12-17(20)13-21(26)22(28)24-14-16-3-2-4-18(23)11-16/h2-6,11-12,21H,7-10,13-14H2,1H3,(H,24,28). The van der Waals surface area contributed by atoms with Gasteiger partial charge >= 0.3 is 0 Å². The van der Waals surface area contributed by atoms with E-state index in [9.17, 15) is 22.4 Å². The monoisotopic (exact) mass is 461 g/mol. The van der Waals surface area contributed by atoms with Crippen LogP contribution in [0.4, 0.5) is 10.1 Å². The van der Waals surface area contributed by atoms with E-state index in [0.717, 1.165) is 0 Å². The average molecular weight is 462 g/mol. The molecule has 0 saturated carbocycles. The van der Waals surface area contributed by atoms with E-state index in [2.05, 4.69) is 5.32 Å². The minimum Gasteiger partial charge on any atom is -0.379 e. The molecule has 2 amide bonds. The third kappa shape index (κ3) is 4.38. The summed E-state index contributed by atoms with van der Waals surface area (Å²) in [6.07, 6.45) is 0.191. The molecule has 32 heavy (non-hydrogen) atoms. The number of halogens is 1. The molecule has 1 unspecified atom stereocenters. The fourth-order valence-electron chi connectivity index (χ4n) is 4.08. The molecule has 2 aliphatic rings. The lowest BCUT2D eigenvalue weighted by Crippen LogP contribution is -2.47. The van der Waals surface area contributed by atoms with Gasteiger partial charge in [0.15, 0.2) is 0 Å². The Morgan fingerprint density at radius 2 is 1.91 bits per heavy atom. The van der Waals surface area contributed by atoms with Gasteiger partial charge in [-0.2, -0.15) is 4.31 Å². The minimum atomic E-state index is -3.70. The Balaban J connectivity index is 1.55. The van der Waals surface area contributed by atoms with Crippen molar-refractivity contribution in [2.45, 2.75) is 30.8 Å². The third-order valence-electron chi connectivity index (χ3n) is 5.64. The molecule has 0 aliphatic carbocycles. The Morgan fingerprint density at radius 1 is 1.16 bits per heavy atom. The fourth-order valence-corrected chi connectivity index (χ4v) is 5.54. The van der Waals surface area contributed by atoms with E-state index in [1.54, 1.807) is 18.2 Å². The largest absolute Gasteiger partial charge is 0.379 e. The topological polar surface area (TPSA) is 96.0 Å². The molecule has 2 aliphatic heterocycles. The highest BCUT2D eigenvalue weighted by atomic mass is 32.2. The molecule has 0 radical (unpaired) electrons. The van der Waals surface area contributed by atoms with Gasteiger partial charge in [0.25, 0.3) is 0 Å². The normalized spacial score (nSPS) is 18.9.